The fourth-order valence-corrected chi connectivity index (χ4v) is 3.95. The predicted octanol–water partition coefficient (Wildman–Crippen LogP) is 3.21. The first-order chi connectivity index (χ1) is 10.4. The molecule has 144 valence electrons. The number of hydrogen-bond donors (Lipinski definition) is 1. The van der Waals surface area contributed by atoms with E-state index in [0.717, 1.165) is 0 Å². The first kappa shape index (κ1) is 23.0. The van der Waals surface area contributed by atoms with Crippen LogP contribution in [0.2, 0.25) is 0 Å². The van der Waals surface area contributed by atoms with E-state index in [0.29, 0.717) is 0 Å². The van der Waals surface area contributed by atoms with Crippen molar-refractivity contribution >= 4 is 15.7 Å². The number of nitrogens with two attached hydrogens (primary N) is 1. The molecule has 2 unspecified atom stereocenters. The van der Waals surface area contributed by atoms with E-state index in [1.807, 2.05) is 0 Å². The highest BCUT2D eigenvalue weighted by atomic mass is 32.2. The van der Waals surface area contributed by atoms with Gasteiger partial charge in [-0.1, -0.05) is 20.8 Å². The third-order valence-electron chi connectivity index (χ3n) is 3.58. The van der Waals surface area contributed by atoms with E-state index >= 15 is 0 Å². The topological polar surface area (TPSA) is 77.2 Å². The molecule has 0 aromatic carbocycles. The van der Waals surface area contributed by atoms with Crippen molar-refractivity contribution in [3.63, 3.8) is 0 Å². The van der Waals surface area contributed by atoms with Gasteiger partial charge >= 0.3 is 12.4 Å². The highest BCUT2D eigenvalue weighted by Crippen LogP contribution is 2.42. The molecule has 2 N–H and O–H groups in total. The number of rotatable bonds is 7. The van der Waals surface area contributed by atoms with Crippen LogP contribution < -0.4 is 5.73 Å². The summed E-state index contributed by atoms with van der Waals surface area (Å²) in [7, 11) is -4.60. The van der Waals surface area contributed by atoms with Gasteiger partial charge in [0.25, 0.3) is 0 Å². The molecule has 0 bridgehead atoms. The number of primary amides is 1. The van der Waals surface area contributed by atoms with Crippen LogP contribution in [0.25, 0.3) is 0 Å². The molecule has 2 atom stereocenters. The van der Waals surface area contributed by atoms with Crippen molar-refractivity contribution < 1.29 is 39.6 Å². The van der Waals surface area contributed by atoms with Gasteiger partial charge in [0.2, 0.25) is 5.91 Å². The molecule has 11 heteroatoms. The van der Waals surface area contributed by atoms with Gasteiger partial charge in [-0.2, -0.15) is 26.3 Å². The Morgan fingerprint density at radius 1 is 1.00 bits per heavy atom. The van der Waals surface area contributed by atoms with Crippen LogP contribution in [0.3, 0.4) is 0 Å². The first-order valence-electron chi connectivity index (χ1n) is 7.02. The van der Waals surface area contributed by atoms with Crippen LogP contribution in [0, 0.1) is 11.3 Å². The SMILES string of the molecule is CC(C)(C)C(CCC(C(N)=O)S(=O)(=O)CCC(F)(F)F)C(F)(F)F. The molecule has 0 aromatic heterocycles. The maximum absolute atomic E-state index is 13.1. The average Bonchev–Trinajstić information content (AvgIpc) is 2.27. The monoisotopic (exact) mass is 385 g/mol. The van der Waals surface area contributed by atoms with Crippen LogP contribution in [0.1, 0.15) is 40.0 Å². The van der Waals surface area contributed by atoms with E-state index in [1.54, 1.807) is 0 Å². The molecule has 0 aliphatic carbocycles. The van der Waals surface area contributed by atoms with Gasteiger partial charge in [0, 0.05) is 0 Å². The number of carbonyl (C=O) groups is 1. The highest BCUT2D eigenvalue weighted by Gasteiger charge is 2.47. The molecule has 0 radical (unpaired) electrons. The zero-order valence-corrected chi connectivity index (χ0v) is 14.3. The molecule has 1 amide bonds. The Hall–Kier alpha value is -1.00. The van der Waals surface area contributed by atoms with E-state index < -0.39 is 69.7 Å². The number of halogens is 6. The zero-order chi connectivity index (χ0) is 19.6. The van der Waals surface area contributed by atoms with E-state index in [1.165, 1.54) is 20.8 Å². The number of alkyl halides is 6. The Balaban J connectivity index is 5.26. The Morgan fingerprint density at radius 2 is 1.46 bits per heavy atom. The first-order valence-corrected chi connectivity index (χ1v) is 8.74. The second kappa shape index (κ2) is 7.49. The van der Waals surface area contributed by atoms with Gasteiger partial charge in [-0.05, 0) is 18.3 Å². The molecule has 0 fully saturated rings. The van der Waals surface area contributed by atoms with Crippen LogP contribution in [0.15, 0.2) is 0 Å². The minimum Gasteiger partial charge on any atom is -0.369 e. The third-order valence-corrected chi connectivity index (χ3v) is 5.69. The summed E-state index contributed by atoms with van der Waals surface area (Å²) in [4.78, 5) is 11.3. The third kappa shape index (κ3) is 7.71. The van der Waals surface area contributed by atoms with Crippen LogP contribution in [0.5, 0.6) is 0 Å². The van der Waals surface area contributed by atoms with Crippen LogP contribution >= 0.6 is 0 Å². The zero-order valence-electron chi connectivity index (χ0n) is 13.5. The van der Waals surface area contributed by atoms with Gasteiger partial charge < -0.3 is 5.73 Å². The van der Waals surface area contributed by atoms with E-state index in [2.05, 4.69) is 0 Å². The molecule has 0 saturated carbocycles. The fraction of sp³-hybridized carbons (Fsp3) is 0.923. The summed E-state index contributed by atoms with van der Waals surface area (Å²) in [5, 5.41) is -2.08. The van der Waals surface area contributed by atoms with E-state index in [4.69, 9.17) is 5.73 Å². The second-order valence-corrected chi connectivity index (χ2v) is 8.96. The fourth-order valence-electron chi connectivity index (χ4n) is 2.30. The molecule has 4 nitrogen and oxygen atoms in total. The minimum absolute atomic E-state index is 0.730. The smallest absolute Gasteiger partial charge is 0.369 e. The van der Waals surface area contributed by atoms with Gasteiger partial charge in [-0.15, -0.1) is 0 Å². The van der Waals surface area contributed by atoms with Gasteiger partial charge in [0.05, 0.1) is 18.1 Å². The number of carbonyl (C=O) groups excluding carboxylic acids is 1. The van der Waals surface area contributed by atoms with Gasteiger partial charge in [0.15, 0.2) is 9.84 Å². The molecule has 0 rings (SSSR count). The van der Waals surface area contributed by atoms with Crippen LogP contribution in [0.4, 0.5) is 26.3 Å². The summed E-state index contributed by atoms with van der Waals surface area (Å²) in [6.07, 6.45) is -12.6. The van der Waals surface area contributed by atoms with E-state index in [9.17, 15) is 39.6 Å². The Labute approximate surface area is 136 Å². The van der Waals surface area contributed by atoms with Crippen LogP contribution in [-0.2, 0) is 14.6 Å². The molecular formula is C13H21F6NO3S. The number of sulfone groups is 1. The van der Waals surface area contributed by atoms with Crippen molar-refractivity contribution in [2.24, 2.45) is 17.1 Å². The summed E-state index contributed by atoms with van der Waals surface area (Å²) in [6, 6.07) is 0. The number of amides is 1. The molecule has 24 heavy (non-hydrogen) atoms. The lowest BCUT2D eigenvalue weighted by Gasteiger charge is -2.33. The lowest BCUT2D eigenvalue weighted by molar-refractivity contribution is -0.202. The van der Waals surface area contributed by atoms with Crippen LogP contribution in [-0.4, -0.2) is 37.7 Å². The Kier molecular flexibility index (Phi) is 7.17. The molecule has 0 saturated heterocycles. The normalized spacial score (nSPS) is 16.7. The van der Waals surface area contributed by atoms with E-state index in [-0.39, 0.29) is 0 Å². The maximum atomic E-state index is 13.1. The van der Waals surface area contributed by atoms with Gasteiger partial charge in [-0.25, -0.2) is 8.42 Å². The molecule has 0 aliphatic heterocycles. The Bertz CT molecular complexity index is 519. The summed E-state index contributed by atoms with van der Waals surface area (Å²) < 4.78 is 99.3. The van der Waals surface area contributed by atoms with Crippen molar-refractivity contribution in [1.82, 2.24) is 0 Å². The van der Waals surface area contributed by atoms with Crippen molar-refractivity contribution in [3.8, 4) is 0 Å². The standard InChI is InChI=1S/C13H21F6NO3S/c1-11(2,3)9(13(17,18)19)5-4-8(10(20)21)24(22,23)7-6-12(14,15)16/h8-9H,4-7H2,1-3H3,(H2,20,21). The lowest BCUT2D eigenvalue weighted by Crippen LogP contribution is -2.41. The second-order valence-electron chi connectivity index (χ2n) is 6.66. The maximum Gasteiger partial charge on any atom is 0.392 e. The molecule has 0 aliphatic rings. The molecule has 0 spiro atoms. The number of hydrogen-bond acceptors (Lipinski definition) is 3. The summed E-state index contributed by atoms with van der Waals surface area (Å²) in [5.41, 5.74) is 3.62. The minimum atomic E-state index is -4.77. The summed E-state index contributed by atoms with van der Waals surface area (Å²) in [5.74, 6) is -4.77. The molecule has 0 heterocycles. The van der Waals surface area contributed by atoms with Gasteiger partial charge in [0.1, 0.15) is 5.25 Å². The highest BCUT2D eigenvalue weighted by molar-refractivity contribution is 7.92. The van der Waals surface area contributed by atoms with Crippen molar-refractivity contribution in [3.05, 3.63) is 0 Å². The van der Waals surface area contributed by atoms with Crippen molar-refractivity contribution in [2.45, 2.75) is 57.6 Å². The van der Waals surface area contributed by atoms with Crippen molar-refractivity contribution in [2.75, 3.05) is 5.75 Å². The van der Waals surface area contributed by atoms with Crippen molar-refractivity contribution in [1.29, 1.82) is 0 Å². The summed E-state index contributed by atoms with van der Waals surface area (Å²) >= 11 is 0. The average molecular weight is 385 g/mol. The molecule has 0 aromatic rings. The quantitative estimate of drug-likeness (QED) is 0.684. The predicted molar refractivity (Wildman–Crippen MR) is 75.7 cm³/mol. The molecular weight excluding hydrogens is 364 g/mol. The van der Waals surface area contributed by atoms with Gasteiger partial charge in [-0.3, -0.25) is 4.79 Å². The lowest BCUT2D eigenvalue weighted by atomic mass is 9.77. The summed E-state index contributed by atoms with van der Waals surface area (Å²) in [6.45, 7) is 3.88. The Morgan fingerprint density at radius 3 is 1.75 bits per heavy atom. The largest absolute Gasteiger partial charge is 0.392 e.